The molecule has 0 unspecified atom stereocenters. The summed E-state index contributed by atoms with van der Waals surface area (Å²) in [5.41, 5.74) is 0.0133. The van der Waals surface area contributed by atoms with Crippen LogP contribution in [0.1, 0.15) is 26.7 Å². The highest BCUT2D eigenvalue weighted by Crippen LogP contribution is 2.28. The number of anilines is 1. The van der Waals surface area contributed by atoms with Crippen molar-refractivity contribution in [3.63, 3.8) is 0 Å². The van der Waals surface area contributed by atoms with Crippen molar-refractivity contribution in [1.29, 1.82) is 0 Å². The Morgan fingerprint density at radius 2 is 1.90 bits per heavy atom. The van der Waals surface area contributed by atoms with Crippen LogP contribution in [-0.4, -0.2) is 41.1 Å². The normalized spacial score (nSPS) is 18.7. The molecule has 1 heterocycles. The largest absolute Gasteiger partial charge is 0.480 e. The summed E-state index contributed by atoms with van der Waals surface area (Å²) in [6, 6.07) is 7.67. The van der Waals surface area contributed by atoms with Crippen molar-refractivity contribution >= 4 is 27.6 Å². The van der Waals surface area contributed by atoms with Gasteiger partial charge in [-0.3, -0.25) is 0 Å². The number of halogens is 1. The predicted molar refractivity (Wildman–Crippen MR) is 88.6 cm³/mol. The van der Waals surface area contributed by atoms with E-state index in [2.05, 4.69) is 40.0 Å². The maximum atomic E-state index is 11.8. The van der Waals surface area contributed by atoms with E-state index in [4.69, 9.17) is 0 Å². The number of piperidine rings is 1. The van der Waals surface area contributed by atoms with Gasteiger partial charge in [0.15, 0.2) is 0 Å². The molecule has 2 rings (SSSR count). The molecule has 0 amide bonds. The quantitative estimate of drug-likeness (QED) is 0.850. The van der Waals surface area contributed by atoms with Crippen LogP contribution in [0.25, 0.3) is 0 Å². The third-order valence-electron chi connectivity index (χ3n) is 3.97. The summed E-state index contributed by atoms with van der Waals surface area (Å²) in [5, 5.41) is 12.9. The smallest absolute Gasteiger partial charge is 0.329 e. The van der Waals surface area contributed by atoms with E-state index in [0.29, 0.717) is 18.8 Å². The van der Waals surface area contributed by atoms with Gasteiger partial charge in [0.2, 0.25) is 0 Å². The van der Waals surface area contributed by atoms with Gasteiger partial charge >= 0.3 is 5.97 Å². The van der Waals surface area contributed by atoms with E-state index in [9.17, 15) is 9.90 Å². The highest BCUT2D eigenvalue weighted by Gasteiger charge is 2.41. The minimum absolute atomic E-state index is 0.613. The Morgan fingerprint density at radius 1 is 1.33 bits per heavy atom. The molecule has 0 atom stereocenters. The van der Waals surface area contributed by atoms with Gasteiger partial charge in [0, 0.05) is 29.8 Å². The van der Waals surface area contributed by atoms with Gasteiger partial charge in [-0.1, -0.05) is 29.8 Å². The fourth-order valence-corrected chi connectivity index (χ4v) is 3.10. The fraction of sp³-hybridized carbons (Fsp3) is 0.562. The molecule has 0 spiro atoms. The van der Waals surface area contributed by atoms with Crippen LogP contribution in [0.2, 0.25) is 0 Å². The third kappa shape index (κ3) is 4.20. The van der Waals surface area contributed by atoms with Crippen molar-refractivity contribution in [2.24, 2.45) is 5.92 Å². The van der Waals surface area contributed by atoms with Crippen molar-refractivity contribution < 1.29 is 9.90 Å². The van der Waals surface area contributed by atoms with Crippen molar-refractivity contribution in [3.05, 3.63) is 28.7 Å². The van der Waals surface area contributed by atoms with Crippen molar-refractivity contribution in [2.75, 3.05) is 25.0 Å². The summed E-state index contributed by atoms with van der Waals surface area (Å²) >= 11 is 3.39. The van der Waals surface area contributed by atoms with E-state index in [0.717, 1.165) is 29.8 Å². The second-order valence-electron chi connectivity index (χ2n) is 6.21. The lowest BCUT2D eigenvalue weighted by molar-refractivity contribution is -0.144. The number of nitrogens with zero attached hydrogens (tertiary/aromatic N) is 1. The zero-order chi connectivity index (χ0) is 15.5. The molecule has 1 aromatic carbocycles. The van der Waals surface area contributed by atoms with Gasteiger partial charge in [0.25, 0.3) is 0 Å². The maximum absolute atomic E-state index is 11.8. The van der Waals surface area contributed by atoms with Crippen LogP contribution < -0.4 is 5.32 Å². The van der Waals surface area contributed by atoms with Crippen LogP contribution in [0.15, 0.2) is 28.7 Å². The maximum Gasteiger partial charge on any atom is 0.329 e. The number of nitrogens with one attached hydrogen (secondary N) is 1. The lowest BCUT2D eigenvalue weighted by atomic mass is 9.86. The highest BCUT2D eigenvalue weighted by atomic mass is 79.9. The summed E-state index contributed by atoms with van der Waals surface area (Å²) < 4.78 is 0.990. The van der Waals surface area contributed by atoms with E-state index in [1.807, 2.05) is 24.3 Å². The number of hydrogen-bond donors (Lipinski definition) is 2. The zero-order valence-corrected chi connectivity index (χ0v) is 14.2. The number of likely N-dealkylation sites (tertiary alicyclic amines) is 1. The minimum Gasteiger partial charge on any atom is -0.480 e. The number of carboxylic acids is 1. The SMILES string of the molecule is CC(C)CN1CCC(Nc2ccc(Br)cc2)(C(=O)O)CC1. The highest BCUT2D eigenvalue weighted by molar-refractivity contribution is 9.10. The van der Waals surface area contributed by atoms with Gasteiger partial charge in [-0.2, -0.15) is 0 Å². The van der Waals surface area contributed by atoms with E-state index in [-0.39, 0.29) is 0 Å². The molecule has 0 radical (unpaired) electrons. The van der Waals surface area contributed by atoms with Crippen molar-refractivity contribution in [1.82, 2.24) is 4.90 Å². The Kier molecular flexibility index (Phi) is 5.27. The lowest BCUT2D eigenvalue weighted by Gasteiger charge is -2.40. The van der Waals surface area contributed by atoms with Crippen LogP contribution in [0, 0.1) is 5.92 Å². The van der Waals surface area contributed by atoms with E-state index in [1.165, 1.54) is 0 Å². The van der Waals surface area contributed by atoms with Gasteiger partial charge in [-0.15, -0.1) is 0 Å². The Hall–Kier alpha value is -1.07. The van der Waals surface area contributed by atoms with Crippen molar-refractivity contribution in [2.45, 2.75) is 32.2 Å². The summed E-state index contributed by atoms with van der Waals surface area (Å²) in [7, 11) is 0. The molecule has 5 heteroatoms. The monoisotopic (exact) mass is 354 g/mol. The minimum atomic E-state index is -0.846. The van der Waals surface area contributed by atoms with E-state index >= 15 is 0 Å². The zero-order valence-electron chi connectivity index (χ0n) is 12.6. The van der Waals surface area contributed by atoms with Gasteiger partial charge < -0.3 is 15.3 Å². The molecule has 1 fully saturated rings. The van der Waals surface area contributed by atoms with Gasteiger partial charge in [0.05, 0.1) is 0 Å². The number of aliphatic carboxylic acids is 1. The van der Waals surface area contributed by atoms with Crippen LogP contribution >= 0.6 is 15.9 Å². The van der Waals surface area contributed by atoms with Crippen molar-refractivity contribution in [3.8, 4) is 0 Å². The van der Waals surface area contributed by atoms with Crippen LogP contribution in [-0.2, 0) is 4.79 Å². The molecule has 1 aromatic rings. The second kappa shape index (κ2) is 6.79. The predicted octanol–water partition coefficient (Wildman–Crippen LogP) is 3.44. The molecule has 1 saturated heterocycles. The van der Waals surface area contributed by atoms with Crippen LogP contribution in [0.4, 0.5) is 5.69 Å². The molecule has 21 heavy (non-hydrogen) atoms. The average Bonchev–Trinajstić information content (AvgIpc) is 2.43. The summed E-state index contributed by atoms with van der Waals surface area (Å²) in [5.74, 6) is -0.142. The average molecular weight is 355 g/mol. The topological polar surface area (TPSA) is 52.6 Å². The number of benzene rings is 1. The Morgan fingerprint density at radius 3 is 2.38 bits per heavy atom. The number of hydrogen-bond acceptors (Lipinski definition) is 3. The molecular formula is C16H23BrN2O2. The summed E-state index contributed by atoms with van der Waals surface area (Å²) in [4.78, 5) is 14.1. The van der Waals surface area contributed by atoms with E-state index in [1.54, 1.807) is 0 Å². The number of carboxylic acid groups (broad SMARTS) is 1. The molecular weight excluding hydrogens is 332 g/mol. The fourth-order valence-electron chi connectivity index (χ4n) is 2.84. The molecule has 1 aliphatic heterocycles. The first-order valence-corrected chi connectivity index (χ1v) is 8.20. The number of carbonyl (C=O) groups is 1. The number of rotatable bonds is 5. The van der Waals surface area contributed by atoms with Crippen LogP contribution in [0.3, 0.4) is 0 Å². The Bertz CT molecular complexity index is 480. The van der Waals surface area contributed by atoms with Gasteiger partial charge in [0.1, 0.15) is 5.54 Å². The van der Waals surface area contributed by atoms with Gasteiger partial charge in [-0.25, -0.2) is 4.79 Å². The molecule has 0 aromatic heterocycles. The first-order valence-electron chi connectivity index (χ1n) is 7.41. The molecule has 0 saturated carbocycles. The summed E-state index contributed by atoms with van der Waals surface area (Å²) in [6.45, 7) is 7.08. The van der Waals surface area contributed by atoms with Crippen LogP contribution in [0.5, 0.6) is 0 Å². The Labute approximate surface area is 134 Å². The first-order chi connectivity index (χ1) is 9.91. The lowest BCUT2D eigenvalue weighted by Crippen LogP contribution is -2.54. The molecule has 2 N–H and O–H groups in total. The standard InChI is InChI=1S/C16H23BrN2O2/c1-12(2)11-19-9-7-16(8-10-19,15(20)21)18-14-5-3-13(17)4-6-14/h3-6,12,18H,7-11H2,1-2H3,(H,20,21). The third-order valence-corrected chi connectivity index (χ3v) is 4.50. The molecule has 0 aliphatic carbocycles. The molecule has 0 bridgehead atoms. The Balaban J connectivity index is 2.05. The molecule has 4 nitrogen and oxygen atoms in total. The summed E-state index contributed by atoms with van der Waals surface area (Å²) in [6.07, 6.45) is 1.26. The molecule has 1 aliphatic rings. The van der Waals surface area contributed by atoms with Gasteiger partial charge in [-0.05, 0) is 43.0 Å². The molecule has 116 valence electrons. The first kappa shape index (κ1) is 16.3. The second-order valence-corrected chi connectivity index (χ2v) is 7.13. The van der Waals surface area contributed by atoms with E-state index < -0.39 is 11.5 Å².